The summed E-state index contributed by atoms with van der Waals surface area (Å²) in [6.45, 7) is 5.10. The van der Waals surface area contributed by atoms with Gasteiger partial charge in [-0.25, -0.2) is 4.39 Å². The van der Waals surface area contributed by atoms with Crippen molar-refractivity contribution in [3.8, 4) is 0 Å². The number of rotatable bonds is 5. The molecule has 0 aliphatic carbocycles. The van der Waals surface area contributed by atoms with E-state index < -0.39 is 0 Å². The lowest BCUT2D eigenvalue weighted by Gasteiger charge is -2.21. The van der Waals surface area contributed by atoms with Crippen molar-refractivity contribution in [1.82, 2.24) is 4.90 Å². The standard InChI is InChI=1S/C16H22FNO2S/c1-11(10-21-15-5-3-14(17)4-6-15)16(20)18-8-7-13(9-18)12(2)19/h3-6,11-13,19H,7-10H2,1-2H3. The van der Waals surface area contributed by atoms with Gasteiger partial charge in [0.25, 0.3) is 0 Å². The molecule has 21 heavy (non-hydrogen) atoms. The lowest BCUT2D eigenvalue weighted by atomic mass is 10.0. The van der Waals surface area contributed by atoms with Gasteiger partial charge in [0.2, 0.25) is 5.91 Å². The highest BCUT2D eigenvalue weighted by molar-refractivity contribution is 7.99. The van der Waals surface area contributed by atoms with E-state index in [2.05, 4.69) is 0 Å². The van der Waals surface area contributed by atoms with Crippen LogP contribution in [0.15, 0.2) is 29.2 Å². The Bertz CT molecular complexity index is 478. The van der Waals surface area contributed by atoms with Crippen LogP contribution >= 0.6 is 11.8 Å². The molecule has 1 aromatic rings. The molecule has 1 aliphatic rings. The first-order chi connectivity index (χ1) is 9.97. The molecule has 1 saturated heterocycles. The van der Waals surface area contributed by atoms with Crippen molar-refractivity contribution in [1.29, 1.82) is 0 Å². The monoisotopic (exact) mass is 311 g/mol. The molecule has 1 aromatic carbocycles. The Balaban J connectivity index is 1.81. The molecule has 5 heteroatoms. The summed E-state index contributed by atoms with van der Waals surface area (Å²) >= 11 is 1.57. The minimum absolute atomic E-state index is 0.0761. The molecule has 0 spiro atoms. The molecule has 1 aliphatic heterocycles. The predicted molar refractivity (Wildman–Crippen MR) is 82.7 cm³/mol. The first-order valence-corrected chi connectivity index (χ1v) is 8.31. The minimum Gasteiger partial charge on any atom is -0.393 e. The van der Waals surface area contributed by atoms with Crippen molar-refractivity contribution < 1.29 is 14.3 Å². The van der Waals surface area contributed by atoms with Gasteiger partial charge in [-0.05, 0) is 37.6 Å². The van der Waals surface area contributed by atoms with Crippen molar-refractivity contribution >= 4 is 17.7 Å². The normalized spacial score (nSPS) is 21.3. The molecule has 3 unspecified atom stereocenters. The van der Waals surface area contributed by atoms with Crippen LogP contribution in [-0.2, 0) is 4.79 Å². The van der Waals surface area contributed by atoms with Crippen LogP contribution in [0.2, 0.25) is 0 Å². The van der Waals surface area contributed by atoms with E-state index in [0.717, 1.165) is 17.9 Å². The van der Waals surface area contributed by atoms with E-state index in [1.165, 1.54) is 12.1 Å². The zero-order chi connectivity index (χ0) is 15.4. The van der Waals surface area contributed by atoms with E-state index in [1.807, 2.05) is 11.8 Å². The molecule has 1 heterocycles. The number of benzene rings is 1. The molecule has 0 saturated carbocycles. The second kappa shape index (κ2) is 7.27. The summed E-state index contributed by atoms with van der Waals surface area (Å²) in [7, 11) is 0. The van der Waals surface area contributed by atoms with Crippen molar-refractivity contribution in [2.45, 2.75) is 31.3 Å². The number of hydrogen-bond acceptors (Lipinski definition) is 3. The number of likely N-dealkylation sites (tertiary alicyclic amines) is 1. The number of halogens is 1. The summed E-state index contributed by atoms with van der Waals surface area (Å²) in [6.07, 6.45) is 0.521. The van der Waals surface area contributed by atoms with Crippen molar-refractivity contribution in [2.24, 2.45) is 11.8 Å². The smallest absolute Gasteiger partial charge is 0.226 e. The molecule has 1 fully saturated rings. The largest absolute Gasteiger partial charge is 0.393 e. The van der Waals surface area contributed by atoms with Crippen LogP contribution in [-0.4, -0.2) is 40.9 Å². The van der Waals surface area contributed by atoms with Crippen LogP contribution in [0.4, 0.5) is 4.39 Å². The van der Waals surface area contributed by atoms with Crippen LogP contribution in [0, 0.1) is 17.7 Å². The summed E-state index contributed by atoms with van der Waals surface area (Å²) in [5, 5.41) is 9.59. The Labute approximate surface area is 129 Å². The third kappa shape index (κ3) is 4.45. The maximum Gasteiger partial charge on any atom is 0.226 e. The Kier molecular flexibility index (Phi) is 5.65. The van der Waals surface area contributed by atoms with Crippen LogP contribution in [0.25, 0.3) is 0 Å². The van der Waals surface area contributed by atoms with Gasteiger partial charge in [0, 0.05) is 35.6 Å². The van der Waals surface area contributed by atoms with Crippen LogP contribution in [0.3, 0.4) is 0 Å². The van der Waals surface area contributed by atoms with Gasteiger partial charge in [-0.2, -0.15) is 0 Å². The average molecular weight is 311 g/mol. The van der Waals surface area contributed by atoms with Crippen molar-refractivity contribution in [3.63, 3.8) is 0 Å². The molecule has 1 amide bonds. The number of thioether (sulfide) groups is 1. The van der Waals surface area contributed by atoms with Gasteiger partial charge < -0.3 is 10.0 Å². The Morgan fingerprint density at radius 1 is 1.43 bits per heavy atom. The number of nitrogens with zero attached hydrogens (tertiary/aromatic N) is 1. The third-order valence-electron chi connectivity index (χ3n) is 3.95. The van der Waals surface area contributed by atoms with Crippen LogP contribution in [0.5, 0.6) is 0 Å². The molecule has 1 N–H and O–H groups in total. The van der Waals surface area contributed by atoms with Crippen molar-refractivity contribution in [2.75, 3.05) is 18.8 Å². The van der Waals surface area contributed by atoms with E-state index in [4.69, 9.17) is 0 Å². The molecule has 116 valence electrons. The van der Waals surface area contributed by atoms with Crippen LogP contribution < -0.4 is 0 Å². The first-order valence-electron chi connectivity index (χ1n) is 7.32. The third-order valence-corrected chi connectivity index (χ3v) is 5.23. The van der Waals surface area contributed by atoms with E-state index >= 15 is 0 Å². The summed E-state index contributed by atoms with van der Waals surface area (Å²) < 4.78 is 12.8. The number of aliphatic hydroxyl groups is 1. The van der Waals surface area contributed by atoms with E-state index in [9.17, 15) is 14.3 Å². The topological polar surface area (TPSA) is 40.5 Å². The van der Waals surface area contributed by atoms with E-state index in [1.54, 1.807) is 30.8 Å². The molecule has 3 nitrogen and oxygen atoms in total. The van der Waals surface area contributed by atoms with E-state index in [-0.39, 0.29) is 29.7 Å². The summed E-state index contributed by atoms with van der Waals surface area (Å²) in [5.74, 6) is 0.705. The second-order valence-electron chi connectivity index (χ2n) is 5.74. The molecule has 2 rings (SSSR count). The maximum absolute atomic E-state index is 12.8. The number of aliphatic hydroxyl groups excluding tert-OH is 1. The van der Waals surface area contributed by atoms with E-state index in [0.29, 0.717) is 12.3 Å². The highest BCUT2D eigenvalue weighted by atomic mass is 32.2. The molecule has 0 aromatic heterocycles. The van der Waals surface area contributed by atoms with Gasteiger partial charge in [0.15, 0.2) is 0 Å². The highest BCUT2D eigenvalue weighted by Gasteiger charge is 2.31. The number of hydrogen-bond donors (Lipinski definition) is 1. The summed E-state index contributed by atoms with van der Waals surface area (Å²) in [4.78, 5) is 15.2. The lowest BCUT2D eigenvalue weighted by molar-refractivity contribution is -0.133. The number of carbonyl (C=O) groups is 1. The van der Waals surface area contributed by atoms with Gasteiger partial charge in [-0.3, -0.25) is 4.79 Å². The van der Waals surface area contributed by atoms with Gasteiger partial charge in [-0.1, -0.05) is 6.92 Å². The van der Waals surface area contributed by atoms with Crippen molar-refractivity contribution in [3.05, 3.63) is 30.1 Å². The van der Waals surface area contributed by atoms with Gasteiger partial charge >= 0.3 is 0 Å². The quantitative estimate of drug-likeness (QED) is 0.850. The Hall–Kier alpha value is -1.07. The SMILES string of the molecule is CC(CSc1ccc(F)cc1)C(=O)N1CCC(C(C)O)C1. The molecule has 3 atom stereocenters. The fourth-order valence-electron chi connectivity index (χ4n) is 2.52. The minimum atomic E-state index is -0.355. The van der Waals surface area contributed by atoms with Gasteiger partial charge in [0.05, 0.1) is 6.10 Å². The highest BCUT2D eigenvalue weighted by Crippen LogP contribution is 2.25. The Morgan fingerprint density at radius 3 is 2.67 bits per heavy atom. The Morgan fingerprint density at radius 2 is 2.10 bits per heavy atom. The van der Waals surface area contributed by atoms with Gasteiger partial charge in [-0.15, -0.1) is 11.8 Å². The fraction of sp³-hybridized carbons (Fsp3) is 0.562. The second-order valence-corrected chi connectivity index (χ2v) is 6.83. The number of amides is 1. The summed E-state index contributed by atoms with van der Waals surface area (Å²) in [5.41, 5.74) is 0. The van der Waals surface area contributed by atoms with Gasteiger partial charge in [0.1, 0.15) is 5.82 Å². The zero-order valence-corrected chi connectivity index (χ0v) is 13.3. The average Bonchev–Trinajstić information content (AvgIpc) is 2.95. The zero-order valence-electron chi connectivity index (χ0n) is 12.5. The van der Waals surface area contributed by atoms with Crippen LogP contribution in [0.1, 0.15) is 20.3 Å². The molecular formula is C16H22FNO2S. The maximum atomic E-state index is 12.8. The predicted octanol–water partition coefficient (Wildman–Crippen LogP) is 2.78. The number of carbonyl (C=O) groups excluding carboxylic acids is 1. The fourth-order valence-corrected chi connectivity index (χ4v) is 3.43. The molecular weight excluding hydrogens is 289 g/mol. The summed E-state index contributed by atoms with van der Waals surface area (Å²) in [6, 6.07) is 6.33. The lowest BCUT2D eigenvalue weighted by Crippen LogP contribution is -2.35. The molecule has 0 bridgehead atoms. The molecule has 0 radical (unpaired) electrons. The first kappa shape index (κ1) is 16.3.